The van der Waals surface area contributed by atoms with Gasteiger partial charge in [0.25, 0.3) is 0 Å². The van der Waals surface area contributed by atoms with Gasteiger partial charge in [-0.1, -0.05) is 37.6 Å². The molecule has 0 amide bonds. The van der Waals surface area contributed by atoms with E-state index in [9.17, 15) is 4.79 Å². The van der Waals surface area contributed by atoms with Crippen molar-refractivity contribution in [1.82, 2.24) is 9.55 Å². The summed E-state index contributed by atoms with van der Waals surface area (Å²) < 4.78 is 1.74. The quantitative estimate of drug-likeness (QED) is 0.754. The van der Waals surface area contributed by atoms with Crippen molar-refractivity contribution in [2.24, 2.45) is 7.05 Å². The van der Waals surface area contributed by atoms with E-state index in [2.05, 4.69) is 11.9 Å². The third kappa shape index (κ3) is 2.44. The SMILES string of the molecule is CCCc1ccc(C(=O)c2nccn2C)cc1. The molecular formula is C14H16N2O. The van der Waals surface area contributed by atoms with Crippen molar-refractivity contribution in [2.75, 3.05) is 0 Å². The van der Waals surface area contributed by atoms with Gasteiger partial charge in [-0.25, -0.2) is 4.98 Å². The standard InChI is InChI=1S/C14H16N2O/c1-3-4-11-5-7-12(8-6-11)13(17)14-15-9-10-16(14)2/h5-10H,3-4H2,1-2H3. The first-order valence-corrected chi connectivity index (χ1v) is 5.83. The number of aromatic nitrogens is 2. The Morgan fingerprint density at radius 1 is 1.29 bits per heavy atom. The third-order valence-electron chi connectivity index (χ3n) is 2.78. The summed E-state index contributed by atoms with van der Waals surface area (Å²) in [7, 11) is 1.83. The van der Waals surface area contributed by atoms with Crippen LogP contribution in [0, 0.1) is 0 Å². The van der Waals surface area contributed by atoms with Crippen LogP contribution in [-0.2, 0) is 13.5 Å². The molecule has 0 aliphatic carbocycles. The highest BCUT2D eigenvalue weighted by molar-refractivity contribution is 6.06. The molecule has 0 unspecified atom stereocenters. The van der Waals surface area contributed by atoms with E-state index < -0.39 is 0 Å². The first kappa shape index (κ1) is 11.6. The van der Waals surface area contributed by atoms with Gasteiger partial charge >= 0.3 is 0 Å². The lowest BCUT2D eigenvalue weighted by Gasteiger charge is -2.03. The lowest BCUT2D eigenvalue weighted by Crippen LogP contribution is -2.08. The molecule has 17 heavy (non-hydrogen) atoms. The Hall–Kier alpha value is -1.90. The number of benzene rings is 1. The van der Waals surface area contributed by atoms with Gasteiger partial charge in [0.1, 0.15) is 0 Å². The highest BCUT2D eigenvalue weighted by Gasteiger charge is 2.12. The Balaban J connectivity index is 2.23. The largest absolute Gasteiger partial charge is 0.331 e. The maximum Gasteiger partial charge on any atom is 0.228 e. The highest BCUT2D eigenvalue weighted by atomic mass is 16.1. The second-order valence-corrected chi connectivity index (χ2v) is 4.14. The van der Waals surface area contributed by atoms with Crippen molar-refractivity contribution in [2.45, 2.75) is 19.8 Å². The van der Waals surface area contributed by atoms with Crippen LogP contribution in [0.5, 0.6) is 0 Å². The molecule has 0 radical (unpaired) electrons. The van der Waals surface area contributed by atoms with Gasteiger partial charge in [0.05, 0.1) is 0 Å². The molecule has 0 saturated carbocycles. The second kappa shape index (κ2) is 4.95. The van der Waals surface area contributed by atoms with Crippen LogP contribution in [-0.4, -0.2) is 15.3 Å². The number of imidazole rings is 1. The van der Waals surface area contributed by atoms with Gasteiger partial charge in [-0.2, -0.15) is 0 Å². The van der Waals surface area contributed by atoms with E-state index in [1.54, 1.807) is 17.0 Å². The molecule has 1 aromatic carbocycles. The first-order valence-electron chi connectivity index (χ1n) is 5.83. The number of hydrogen-bond acceptors (Lipinski definition) is 2. The summed E-state index contributed by atoms with van der Waals surface area (Å²) in [6, 6.07) is 7.78. The van der Waals surface area contributed by atoms with Crippen molar-refractivity contribution in [1.29, 1.82) is 0 Å². The fraction of sp³-hybridized carbons (Fsp3) is 0.286. The molecule has 0 N–H and O–H groups in total. The minimum atomic E-state index is -0.0273. The van der Waals surface area contributed by atoms with Gasteiger partial charge in [-0.15, -0.1) is 0 Å². The molecule has 0 spiro atoms. The van der Waals surface area contributed by atoms with Crippen LogP contribution in [0.4, 0.5) is 0 Å². The van der Waals surface area contributed by atoms with Crippen molar-refractivity contribution in [3.63, 3.8) is 0 Å². The summed E-state index contributed by atoms with van der Waals surface area (Å²) in [6.07, 6.45) is 5.58. The molecule has 2 rings (SSSR count). The van der Waals surface area contributed by atoms with E-state index in [0.29, 0.717) is 11.4 Å². The second-order valence-electron chi connectivity index (χ2n) is 4.14. The molecule has 1 aromatic heterocycles. The van der Waals surface area contributed by atoms with Gasteiger partial charge in [0.15, 0.2) is 5.82 Å². The van der Waals surface area contributed by atoms with E-state index in [4.69, 9.17) is 0 Å². The molecule has 0 aliphatic rings. The fourth-order valence-electron chi connectivity index (χ4n) is 1.82. The zero-order chi connectivity index (χ0) is 12.3. The predicted molar refractivity (Wildman–Crippen MR) is 67.1 cm³/mol. The summed E-state index contributed by atoms with van der Waals surface area (Å²) >= 11 is 0. The summed E-state index contributed by atoms with van der Waals surface area (Å²) in [5.74, 6) is 0.453. The zero-order valence-corrected chi connectivity index (χ0v) is 10.2. The number of aryl methyl sites for hydroxylation is 2. The van der Waals surface area contributed by atoms with Crippen LogP contribution >= 0.6 is 0 Å². The van der Waals surface area contributed by atoms with Crippen molar-refractivity contribution < 1.29 is 4.79 Å². The lowest BCUT2D eigenvalue weighted by molar-refractivity contribution is 0.102. The maximum absolute atomic E-state index is 12.1. The van der Waals surface area contributed by atoms with E-state index >= 15 is 0 Å². The van der Waals surface area contributed by atoms with Crippen LogP contribution in [0.25, 0.3) is 0 Å². The monoisotopic (exact) mass is 228 g/mol. The van der Waals surface area contributed by atoms with Crippen LogP contribution < -0.4 is 0 Å². The zero-order valence-electron chi connectivity index (χ0n) is 10.2. The van der Waals surface area contributed by atoms with Crippen LogP contribution in [0.2, 0.25) is 0 Å². The Morgan fingerprint density at radius 2 is 2.00 bits per heavy atom. The average molecular weight is 228 g/mol. The normalized spacial score (nSPS) is 10.5. The predicted octanol–water partition coefficient (Wildman–Crippen LogP) is 2.60. The molecule has 0 fully saturated rings. The molecule has 3 nitrogen and oxygen atoms in total. The molecular weight excluding hydrogens is 212 g/mol. The van der Waals surface area contributed by atoms with Crippen LogP contribution in [0.3, 0.4) is 0 Å². The molecule has 0 saturated heterocycles. The molecule has 3 heteroatoms. The smallest absolute Gasteiger partial charge is 0.228 e. The van der Waals surface area contributed by atoms with Crippen molar-refractivity contribution in [3.8, 4) is 0 Å². The number of carbonyl (C=O) groups is 1. The number of carbonyl (C=O) groups excluding carboxylic acids is 1. The lowest BCUT2D eigenvalue weighted by atomic mass is 10.1. The minimum Gasteiger partial charge on any atom is -0.331 e. The van der Waals surface area contributed by atoms with Gasteiger partial charge in [0.2, 0.25) is 5.78 Å². The van der Waals surface area contributed by atoms with E-state index in [-0.39, 0.29) is 5.78 Å². The van der Waals surface area contributed by atoms with E-state index in [1.807, 2.05) is 31.3 Å². The van der Waals surface area contributed by atoms with Crippen molar-refractivity contribution >= 4 is 5.78 Å². The number of nitrogens with zero attached hydrogens (tertiary/aromatic N) is 2. The molecule has 2 aromatic rings. The number of hydrogen-bond donors (Lipinski definition) is 0. The van der Waals surface area contributed by atoms with Gasteiger partial charge in [0, 0.05) is 25.0 Å². The Bertz CT molecular complexity index is 511. The Labute approximate surface area is 101 Å². The van der Waals surface area contributed by atoms with Crippen molar-refractivity contribution in [3.05, 3.63) is 53.6 Å². The Morgan fingerprint density at radius 3 is 2.53 bits per heavy atom. The summed E-state index contributed by atoms with van der Waals surface area (Å²) in [6.45, 7) is 2.15. The first-order chi connectivity index (χ1) is 8.22. The molecule has 1 heterocycles. The average Bonchev–Trinajstić information content (AvgIpc) is 2.76. The van der Waals surface area contributed by atoms with Crippen LogP contribution in [0.15, 0.2) is 36.7 Å². The topological polar surface area (TPSA) is 34.9 Å². The minimum absolute atomic E-state index is 0.0273. The summed E-state index contributed by atoms with van der Waals surface area (Å²) in [4.78, 5) is 16.2. The van der Waals surface area contributed by atoms with Gasteiger partial charge in [-0.05, 0) is 12.0 Å². The van der Waals surface area contributed by atoms with E-state index in [1.165, 1.54) is 5.56 Å². The molecule has 88 valence electrons. The Kier molecular flexibility index (Phi) is 3.38. The number of ketones is 1. The highest BCUT2D eigenvalue weighted by Crippen LogP contribution is 2.10. The van der Waals surface area contributed by atoms with Gasteiger partial charge < -0.3 is 4.57 Å². The van der Waals surface area contributed by atoms with Gasteiger partial charge in [-0.3, -0.25) is 4.79 Å². The molecule has 0 aliphatic heterocycles. The number of rotatable bonds is 4. The van der Waals surface area contributed by atoms with Crippen LogP contribution in [0.1, 0.15) is 35.1 Å². The third-order valence-corrected chi connectivity index (χ3v) is 2.78. The molecule has 0 bridgehead atoms. The summed E-state index contributed by atoms with van der Waals surface area (Å²) in [5, 5.41) is 0. The fourth-order valence-corrected chi connectivity index (χ4v) is 1.82. The maximum atomic E-state index is 12.1. The molecule has 0 atom stereocenters. The summed E-state index contributed by atoms with van der Waals surface area (Å²) in [5.41, 5.74) is 1.96. The van der Waals surface area contributed by atoms with E-state index in [0.717, 1.165) is 12.8 Å².